The second-order valence-corrected chi connectivity index (χ2v) is 13.2. The standard InChI is InChI=1S/C32H40N6O.C2H7N.CH2O2/c1-22-6-2-7-23-8-3-9-28(29(22)23)36-17-12-26-27(20-36)34-31(39-21-32-13-4-15-38(32)16-5-14-32)35-30(26)37-18-24-10-11-25(19-37)33-24;1-3-2;2-1-3/h2-3,6-9,24-25,33H,4-5,10-21H2,1H3;3H,1-2H3;1H,(H,2,3). The van der Waals surface area contributed by atoms with Crippen LogP contribution in [-0.4, -0.2) is 97.5 Å². The van der Waals surface area contributed by atoms with E-state index in [2.05, 4.69) is 68.7 Å². The van der Waals surface area contributed by atoms with E-state index in [1.54, 1.807) is 0 Å². The van der Waals surface area contributed by atoms with E-state index in [1.807, 2.05) is 14.1 Å². The van der Waals surface area contributed by atoms with Gasteiger partial charge in [-0.3, -0.25) is 9.69 Å². The van der Waals surface area contributed by atoms with E-state index in [4.69, 9.17) is 24.6 Å². The van der Waals surface area contributed by atoms with Gasteiger partial charge in [-0.2, -0.15) is 9.97 Å². The zero-order valence-electron chi connectivity index (χ0n) is 27.1. The summed E-state index contributed by atoms with van der Waals surface area (Å²) >= 11 is 0. The first-order valence-corrected chi connectivity index (χ1v) is 16.7. The Bertz CT molecular complexity index is 1460. The number of carboxylic acid groups (broad SMARTS) is 1. The minimum absolute atomic E-state index is 0.195. The zero-order chi connectivity index (χ0) is 31.4. The van der Waals surface area contributed by atoms with Crippen LogP contribution in [0.25, 0.3) is 10.8 Å². The van der Waals surface area contributed by atoms with Crippen molar-refractivity contribution in [2.24, 2.45) is 0 Å². The third-order valence-corrected chi connectivity index (χ3v) is 10.3. The Morgan fingerprint density at radius 1 is 1.02 bits per heavy atom. The lowest BCUT2D eigenvalue weighted by Crippen LogP contribution is -2.52. The number of nitrogens with zero attached hydrogens (tertiary/aromatic N) is 5. The fraction of sp³-hybridized carbons (Fsp3) is 0.571. The van der Waals surface area contributed by atoms with Gasteiger partial charge in [-0.25, -0.2) is 0 Å². The van der Waals surface area contributed by atoms with E-state index in [1.165, 1.54) is 79.2 Å². The van der Waals surface area contributed by atoms with E-state index in [9.17, 15) is 0 Å². The predicted octanol–water partition coefficient (Wildman–Crippen LogP) is 3.99. The molecule has 2 unspecified atom stereocenters. The highest BCUT2D eigenvalue weighted by Crippen LogP contribution is 2.40. The first-order chi connectivity index (χ1) is 22.0. The van der Waals surface area contributed by atoms with Gasteiger partial charge in [-0.15, -0.1) is 0 Å². The van der Waals surface area contributed by atoms with Crippen molar-refractivity contribution in [1.29, 1.82) is 0 Å². The molecule has 5 aliphatic rings. The van der Waals surface area contributed by atoms with Crippen molar-refractivity contribution in [3.05, 3.63) is 53.2 Å². The molecular weight excluding hydrogens is 566 g/mol. The van der Waals surface area contributed by atoms with Crippen LogP contribution in [0.2, 0.25) is 0 Å². The normalized spacial score (nSPS) is 23.0. The average molecular weight is 616 g/mol. The molecule has 4 fully saturated rings. The quantitative estimate of drug-likeness (QED) is 0.365. The monoisotopic (exact) mass is 615 g/mol. The van der Waals surface area contributed by atoms with Crippen LogP contribution >= 0.6 is 0 Å². The lowest BCUT2D eigenvalue weighted by atomic mass is 9.95. The van der Waals surface area contributed by atoms with Crippen molar-refractivity contribution in [2.75, 3.05) is 63.2 Å². The van der Waals surface area contributed by atoms with E-state index < -0.39 is 0 Å². The molecule has 0 radical (unpaired) electrons. The number of hydrogen-bond donors (Lipinski definition) is 3. The molecule has 3 aromatic rings. The molecule has 0 saturated carbocycles. The number of ether oxygens (including phenoxy) is 1. The number of hydrogen-bond acceptors (Lipinski definition) is 9. The van der Waals surface area contributed by atoms with Gasteiger partial charge in [-0.1, -0.05) is 30.3 Å². The summed E-state index contributed by atoms with van der Waals surface area (Å²) in [5.41, 5.74) is 5.31. The molecule has 8 rings (SSSR count). The molecule has 0 amide bonds. The Morgan fingerprint density at radius 3 is 2.38 bits per heavy atom. The smallest absolute Gasteiger partial charge is 0.318 e. The molecule has 6 heterocycles. The Balaban J connectivity index is 0.000000554. The van der Waals surface area contributed by atoms with E-state index in [0.29, 0.717) is 24.7 Å². The summed E-state index contributed by atoms with van der Waals surface area (Å²) in [5, 5.41) is 16.1. The van der Waals surface area contributed by atoms with Crippen molar-refractivity contribution < 1.29 is 14.6 Å². The topological polar surface area (TPSA) is 106 Å². The number of aromatic nitrogens is 2. The van der Waals surface area contributed by atoms with E-state index in [-0.39, 0.29) is 12.0 Å². The van der Waals surface area contributed by atoms with Gasteiger partial charge in [0.25, 0.3) is 6.47 Å². The van der Waals surface area contributed by atoms with E-state index >= 15 is 0 Å². The number of aryl methyl sites for hydroxylation is 1. The third kappa shape index (κ3) is 6.46. The lowest BCUT2D eigenvalue weighted by Gasteiger charge is -2.38. The van der Waals surface area contributed by atoms with Crippen LogP contribution in [0.1, 0.15) is 55.3 Å². The Kier molecular flexibility index (Phi) is 9.72. The van der Waals surface area contributed by atoms with Crippen LogP contribution < -0.4 is 25.2 Å². The van der Waals surface area contributed by atoms with Crippen LogP contribution in [-0.2, 0) is 17.8 Å². The second-order valence-electron chi connectivity index (χ2n) is 13.2. The molecular formula is C35H49N7O3. The number of anilines is 2. The van der Waals surface area contributed by atoms with Crippen LogP contribution in [0.15, 0.2) is 36.4 Å². The molecule has 1 aromatic heterocycles. The van der Waals surface area contributed by atoms with Crippen molar-refractivity contribution in [1.82, 2.24) is 25.5 Å². The maximum atomic E-state index is 8.36. The summed E-state index contributed by atoms with van der Waals surface area (Å²) in [5.74, 6) is 1.13. The van der Waals surface area contributed by atoms with Gasteiger partial charge in [0.1, 0.15) is 12.4 Å². The fourth-order valence-electron chi connectivity index (χ4n) is 8.32. The zero-order valence-corrected chi connectivity index (χ0v) is 27.1. The predicted molar refractivity (Wildman–Crippen MR) is 180 cm³/mol. The first kappa shape index (κ1) is 31.5. The molecule has 242 valence electrons. The van der Waals surface area contributed by atoms with Crippen molar-refractivity contribution in [2.45, 2.75) is 76.0 Å². The van der Waals surface area contributed by atoms with Crippen LogP contribution in [0.5, 0.6) is 6.01 Å². The summed E-state index contributed by atoms with van der Waals surface area (Å²) < 4.78 is 6.57. The summed E-state index contributed by atoms with van der Waals surface area (Å²) in [6.07, 6.45) is 8.53. The maximum absolute atomic E-state index is 8.36. The summed E-state index contributed by atoms with van der Waals surface area (Å²) in [4.78, 5) is 26.4. The van der Waals surface area contributed by atoms with Gasteiger partial charge in [0.2, 0.25) is 0 Å². The molecule has 10 heteroatoms. The highest BCUT2D eigenvalue weighted by molar-refractivity contribution is 5.97. The summed E-state index contributed by atoms with van der Waals surface area (Å²) in [6.45, 7) is 8.95. The third-order valence-electron chi connectivity index (χ3n) is 10.3. The molecule has 5 aliphatic heterocycles. The molecule has 45 heavy (non-hydrogen) atoms. The van der Waals surface area contributed by atoms with Crippen molar-refractivity contribution in [3.63, 3.8) is 0 Å². The van der Waals surface area contributed by atoms with E-state index in [0.717, 1.165) is 44.1 Å². The Hall–Kier alpha value is -3.47. The van der Waals surface area contributed by atoms with Crippen molar-refractivity contribution in [3.8, 4) is 6.01 Å². The number of carbonyl (C=O) groups is 1. The van der Waals surface area contributed by atoms with Gasteiger partial charge in [-0.05, 0) is 96.1 Å². The van der Waals surface area contributed by atoms with Gasteiger partial charge >= 0.3 is 6.01 Å². The minimum Gasteiger partial charge on any atom is -0.483 e. The molecule has 2 bridgehead atoms. The van der Waals surface area contributed by atoms with Gasteiger partial charge in [0, 0.05) is 48.4 Å². The maximum Gasteiger partial charge on any atom is 0.318 e. The molecule has 2 atom stereocenters. The van der Waals surface area contributed by atoms with Gasteiger partial charge in [0.15, 0.2) is 0 Å². The average Bonchev–Trinajstić information content (AvgIpc) is 3.73. The molecule has 4 saturated heterocycles. The lowest BCUT2D eigenvalue weighted by molar-refractivity contribution is -0.122. The molecule has 0 aliphatic carbocycles. The highest BCUT2D eigenvalue weighted by Gasteiger charge is 2.45. The van der Waals surface area contributed by atoms with Crippen molar-refractivity contribution >= 4 is 28.7 Å². The number of fused-ring (bicyclic) bond motifs is 5. The SMILES string of the molecule is CNC.Cc1cccc2cccc(N3CCc4c(nc(OCC56CCCN5CCC6)nc4N4CC5CCC(C4)N5)C3)c12.O=CO. The highest BCUT2D eigenvalue weighted by atomic mass is 16.5. The molecule has 2 aromatic carbocycles. The largest absolute Gasteiger partial charge is 0.483 e. The number of rotatable bonds is 5. The van der Waals surface area contributed by atoms with Crippen LogP contribution in [0.4, 0.5) is 11.5 Å². The Labute approximate surface area is 267 Å². The Morgan fingerprint density at radius 2 is 1.69 bits per heavy atom. The van der Waals surface area contributed by atoms with Crippen LogP contribution in [0, 0.1) is 6.92 Å². The molecule has 3 N–H and O–H groups in total. The fourth-order valence-corrected chi connectivity index (χ4v) is 8.32. The first-order valence-electron chi connectivity index (χ1n) is 16.7. The minimum atomic E-state index is -0.250. The summed E-state index contributed by atoms with van der Waals surface area (Å²) in [6, 6.07) is 15.0. The second kappa shape index (κ2) is 13.9. The number of benzene rings is 2. The number of nitrogens with one attached hydrogen (secondary N) is 2. The van der Waals surface area contributed by atoms with Gasteiger partial charge < -0.3 is 30.3 Å². The summed E-state index contributed by atoms with van der Waals surface area (Å²) in [7, 11) is 3.75. The van der Waals surface area contributed by atoms with Crippen LogP contribution in [0.3, 0.4) is 0 Å². The number of piperazine rings is 1. The van der Waals surface area contributed by atoms with Gasteiger partial charge in [0.05, 0.1) is 17.8 Å². The molecule has 0 spiro atoms. The molecule has 10 nitrogen and oxygen atoms in total.